The van der Waals surface area contributed by atoms with E-state index in [1.54, 1.807) is 11.8 Å². The van der Waals surface area contributed by atoms with Crippen molar-refractivity contribution >= 4 is 16.9 Å². The Kier molecular flexibility index (Phi) is 3.65. The molecule has 2 heterocycles. The zero-order chi connectivity index (χ0) is 14.2. The smallest absolute Gasteiger partial charge is 0.184 e. The summed E-state index contributed by atoms with van der Waals surface area (Å²) in [5.74, 6) is 1.89. The van der Waals surface area contributed by atoms with Crippen molar-refractivity contribution in [1.29, 1.82) is 0 Å². The Hall–Kier alpha value is -1.20. The molecule has 1 unspecified atom stereocenters. The van der Waals surface area contributed by atoms with Crippen LogP contribution in [0.1, 0.15) is 25.3 Å². The van der Waals surface area contributed by atoms with E-state index in [-0.39, 0.29) is 6.61 Å². The van der Waals surface area contributed by atoms with Crippen LogP contribution in [0, 0.1) is 0 Å². The molecule has 2 aliphatic heterocycles. The topological polar surface area (TPSA) is 45.1 Å². The molecule has 108 valence electrons. The minimum absolute atomic E-state index is 0.281. The van der Waals surface area contributed by atoms with Gasteiger partial charge in [-0.2, -0.15) is 0 Å². The lowest BCUT2D eigenvalue weighted by molar-refractivity contribution is -0.0696. The number of benzene rings is 1. The van der Waals surface area contributed by atoms with Crippen LogP contribution in [0.2, 0.25) is 0 Å². The van der Waals surface area contributed by atoms with E-state index < -0.39 is 5.72 Å². The van der Waals surface area contributed by atoms with Gasteiger partial charge in [-0.1, -0.05) is 43.8 Å². The van der Waals surface area contributed by atoms with Crippen molar-refractivity contribution in [2.75, 3.05) is 25.4 Å². The van der Waals surface area contributed by atoms with Crippen LogP contribution in [-0.2, 0) is 0 Å². The summed E-state index contributed by atoms with van der Waals surface area (Å²) in [6, 6.07) is 8.04. The van der Waals surface area contributed by atoms with E-state index in [0.717, 1.165) is 24.0 Å². The first kappa shape index (κ1) is 13.8. The van der Waals surface area contributed by atoms with Crippen molar-refractivity contribution in [2.24, 2.45) is 4.99 Å². The summed E-state index contributed by atoms with van der Waals surface area (Å²) < 4.78 is 5.93. The van der Waals surface area contributed by atoms with Crippen LogP contribution in [-0.4, -0.2) is 46.3 Å². The number of nitrogens with zero attached hydrogens (tertiary/aromatic N) is 2. The summed E-state index contributed by atoms with van der Waals surface area (Å²) in [4.78, 5) is 6.35. The summed E-state index contributed by atoms with van der Waals surface area (Å²) in [6.07, 6.45) is 0. The van der Waals surface area contributed by atoms with E-state index in [9.17, 15) is 5.11 Å². The fourth-order valence-electron chi connectivity index (χ4n) is 2.60. The standard InChI is InChI=1S/C15H20N2O2S/c1-11(2)12-5-3-4-6-13(12)19-9-15(18)10-20-14-16-7-8-17(14)15/h3-6,11,18H,7-10H2,1-2H3. The Morgan fingerprint density at radius 2 is 2.25 bits per heavy atom. The molecule has 0 aromatic heterocycles. The van der Waals surface area contributed by atoms with E-state index >= 15 is 0 Å². The SMILES string of the molecule is CC(C)c1ccccc1OCC1(O)CSC2=NCCN21. The molecular formula is C15H20N2O2S. The number of rotatable bonds is 4. The molecule has 0 spiro atoms. The maximum atomic E-state index is 10.8. The predicted octanol–water partition coefficient (Wildman–Crippen LogP) is 2.30. The minimum atomic E-state index is -0.926. The van der Waals surface area contributed by atoms with Crippen LogP contribution in [0.15, 0.2) is 29.3 Å². The molecule has 0 aliphatic carbocycles. The van der Waals surface area contributed by atoms with Crippen LogP contribution >= 0.6 is 11.8 Å². The molecule has 0 amide bonds. The number of hydrogen-bond donors (Lipinski definition) is 1. The van der Waals surface area contributed by atoms with E-state index in [4.69, 9.17) is 4.74 Å². The molecule has 0 bridgehead atoms. The highest BCUT2D eigenvalue weighted by molar-refractivity contribution is 8.14. The first-order chi connectivity index (χ1) is 9.60. The summed E-state index contributed by atoms with van der Waals surface area (Å²) >= 11 is 1.61. The second-order valence-electron chi connectivity index (χ2n) is 5.57. The molecule has 0 radical (unpaired) electrons. The lowest BCUT2D eigenvalue weighted by Gasteiger charge is -2.31. The van der Waals surface area contributed by atoms with Crippen molar-refractivity contribution < 1.29 is 9.84 Å². The third kappa shape index (κ3) is 2.40. The fraction of sp³-hybridized carbons (Fsp3) is 0.533. The van der Waals surface area contributed by atoms with Gasteiger partial charge in [0.1, 0.15) is 12.4 Å². The molecule has 0 saturated carbocycles. The van der Waals surface area contributed by atoms with Gasteiger partial charge in [-0.05, 0) is 17.5 Å². The second-order valence-corrected chi connectivity index (χ2v) is 6.51. The highest BCUT2D eigenvalue weighted by Crippen LogP contribution is 2.35. The van der Waals surface area contributed by atoms with Crippen LogP contribution in [0.4, 0.5) is 0 Å². The Morgan fingerprint density at radius 3 is 3.05 bits per heavy atom. The number of aliphatic imine (C=N–C) groups is 1. The zero-order valence-electron chi connectivity index (χ0n) is 11.9. The first-order valence-electron chi connectivity index (χ1n) is 6.99. The predicted molar refractivity (Wildman–Crippen MR) is 82.4 cm³/mol. The van der Waals surface area contributed by atoms with Gasteiger partial charge in [-0.15, -0.1) is 0 Å². The summed E-state index contributed by atoms with van der Waals surface area (Å²) in [6.45, 7) is 6.13. The number of amidine groups is 1. The van der Waals surface area contributed by atoms with Gasteiger partial charge in [-0.3, -0.25) is 4.99 Å². The van der Waals surface area contributed by atoms with E-state index in [2.05, 4.69) is 24.9 Å². The normalized spacial score (nSPS) is 25.0. The van der Waals surface area contributed by atoms with Gasteiger partial charge in [0.05, 0.1) is 12.3 Å². The fourth-order valence-corrected chi connectivity index (χ4v) is 3.80. The minimum Gasteiger partial charge on any atom is -0.488 e. The molecular weight excluding hydrogens is 272 g/mol. The Morgan fingerprint density at radius 1 is 1.45 bits per heavy atom. The van der Waals surface area contributed by atoms with Crippen LogP contribution in [0.5, 0.6) is 5.75 Å². The molecule has 1 saturated heterocycles. The molecule has 2 aliphatic rings. The zero-order valence-corrected chi connectivity index (χ0v) is 12.7. The van der Waals surface area contributed by atoms with Crippen molar-refractivity contribution in [1.82, 2.24) is 4.90 Å². The van der Waals surface area contributed by atoms with Crippen molar-refractivity contribution in [3.63, 3.8) is 0 Å². The molecule has 20 heavy (non-hydrogen) atoms. The molecule has 1 atom stereocenters. The maximum Gasteiger partial charge on any atom is 0.184 e. The van der Waals surface area contributed by atoms with E-state index in [1.165, 1.54) is 5.56 Å². The molecule has 1 aromatic carbocycles. The third-order valence-corrected chi connectivity index (χ3v) is 4.95. The third-order valence-electron chi connectivity index (χ3n) is 3.74. The first-order valence-corrected chi connectivity index (χ1v) is 7.98. The summed E-state index contributed by atoms with van der Waals surface area (Å²) in [7, 11) is 0. The van der Waals surface area contributed by atoms with Gasteiger partial charge in [0, 0.05) is 6.54 Å². The van der Waals surface area contributed by atoms with Crippen molar-refractivity contribution in [3.8, 4) is 5.75 Å². The Labute approximate surface area is 123 Å². The van der Waals surface area contributed by atoms with Gasteiger partial charge in [0.25, 0.3) is 0 Å². The second kappa shape index (κ2) is 5.30. The van der Waals surface area contributed by atoms with Gasteiger partial charge in [0.15, 0.2) is 10.9 Å². The van der Waals surface area contributed by atoms with E-state index in [1.807, 2.05) is 23.1 Å². The Balaban J connectivity index is 1.72. The molecule has 1 N–H and O–H groups in total. The molecule has 3 rings (SSSR count). The quantitative estimate of drug-likeness (QED) is 0.925. The van der Waals surface area contributed by atoms with Crippen LogP contribution in [0.25, 0.3) is 0 Å². The number of thioether (sulfide) groups is 1. The number of ether oxygens (including phenoxy) is 1. The average Bonchev–Trinajstić information content (AvgIpc) is 3.02. The number of fused-ring (bicyclic) bond motifs is 1. The van der Waals surface area contributed by atoms with Gasteiger partial charge >= 0.3 is 0 Å². The molecule has 1 aromatic rings. The Bertz CT molecular complexity index is 532. The summed E-state index contributed by atoms with van der Waals surface area (Å²) in [5.41, 5.74) is 0.251. The van der Waals surface area contributed by atoms with Gasteiger partial charge in [0.2, 0.25) is 0 Å². The molecule has 1 fully saturated rings. The van der Waals surface area contributed by atoms with E-state index in [0.29, 0.717) is 11.7 Å². The van der Waals surface area contributed by atoms with Crippen molar-refractivity contribution in [3.05, 3.63) is 29.8 Å². The number of hydrogen-bond acceptors (Lipinski definition) is 5. The summed E-state index contributed by atoms with van der Waals surface area (Å²) in [5, 5.41) is 11.7. The average molecular weight is 292 g/mol. The molecule has 4 nitrogen and oxygen atoms in total. The molecule has 5 heteroatoms. The van der Waals surface area contributed by atoms with Crippen molar-refractivity contribution in [2.45, 2.75) is 25.5 Å². The maximum absolute atomic E-state index is 10.8. The van der Waals surface area contributed by atoms with Gasteiger partial charge < -0.3 is 14.7 Å². The lowest BCUT2D eigenvalue weighted by Crippen LogP contribution is -2.51. The highest BCUT2D eigenvalue weighted by atomic mass is 32.2. The largest absolute Gasteiger partial charge is 0.488 e. The monoisotopic (exact) mass is 292 g/mol. The van der Waals surface area contributed by atoms with Gasteiger partial charge in [-0.25, -0.2) is 0 Å². The lowest BCUT2D eigenvalue weighted by atomic mass is 10.0. The number of aliphatic hydroxyl groups is 1. The van der Waals surface area contributed by atoms with Crippen LogP contribution < -0.4 is 4.74 Å². The number of para-hydroxylation sites is 1. The van der Waals surface area contributed by atoms with Crippen LogP contribution in [0.3, 0.4) is 0 Å². The highest BCUT2D eigenvalue weighted by Gasteiger charge is 2.45.